The van der Waals surface area contributed by atoms with Gasteiger partial charge in [-0.1, -0.05) is 44.0 Å². The van der Waals surface area contributed by atoms with Gasteiger partial charge in [-0.2, -0.15) is 5.26 Å². The molecule has 0 heterocycles. The van der Waals surface area contributed by atoms with E-state index >= 15 is 0 Å². The molecule has 2 unspecified atom stereocenters. The Morgan fingerprint density at radius 2 is 2.20 bits per heavy atom. The molecule has 0 bridgehead atoms. The Kier molecular flexibility index (Phi) is 4.65. The van der Waals surface area contributed by atoms with Crippen LogP contribution in [0, 0.1) is 17.2 Å². The van der Waals surface area contributed by atoms with Crippen LogP contribution in [0.15, 0.2) is 24.3 Å². The van der Waals surface area contributed by atoms with Crippen LogP contribution in [0.2, 0.25) is 5.02 Å². The minimum atomic E-state index is 0.304. The molecule has 0 aromatic heterocycles. The van der Waals surface area contributed by atoms with Crippen LogP contribution in [0.1, 0.15) is 38.2 Å². The van der Waals surface area contributed by atoms with E-state index in [0.29, 0.717) is 18.3 Å². The second-order valence-corrected chi connectivity index (χ2v) is 4.35. The predicted octanol–water partition coefficient (Wildman–Crippen LogP) is 4.38. The van der Waals surface area contributed by atoms with Crippen LogP contribution in [-0.2, 0) is 0 Å². The van der Waals surface area contributed by atoms with Crippen molar-refractivity contribution in [2.75, 3.05) is 0 Å². The lowest BCUT2D eigenvalue weighted by molar-refractivity contribution is 0.451. The maximum Gasteiger partial charge on any atom is 0.0628 e. The van der Waals surface area contributed by atoms with Crippen molar-refractivity contribution in [1.82, 2.24) is 0 Å². The highest BCUT2D eigenvalue weighted by atomic mass is 35.5. The smallest absolute Gasteiger partial charge is 0.0628 e. The lowest BCUT2D eigenvalue weighted by Gasteiger charge is -2.20. The fourth-order valence-corrected chi connectivity index (χ4v) is 1.97. The van der Waals surface area contributed by atoms with Crippen molar-refractivity contribution in [3.05, 3.63) is 34.9 Å². The molecular formula is C13H16ClN. The molecule has 2 atom stereocenters. The first-order chi connectivity index (χ1) is 7.19. The lowest BCUT2D eigenvalue weighted by atomic mass is 9.84. The summed E-state index contributed by atoms with van der Waals surface area (Å²) in [6.07, 6.45) is 1.65. The van der Waals surface area contributed by atoms with Gasteiger partial charge in [0.05, 0.1) is 6.07 Å². The first-order valence-corrected chi connectivity index (χ1v) is 5.69. The Bertz CT molecular complexity index is 354. The standard InChI is InChI=1S/C13H16ClN/c1-3-10(2)13(7-8-15)11-5-4-6-12(14)9-11/h4-6,9-10,13H,3,7H2,1-2H3. The summed E-state index contributed by atoms with van der Waals surface area (Å²) >= 11 is 5.95. The minimum absolute atomic E-state index is 0.304. The largest absolute Gasteiger partial charge is 0.198 e. The van der Waals surface area contributed by atoms with E-state index in [0.717, 1.165) is 11.4 Å². The average molecular weight is 222 g/mol. The first kappa shape index (κ1) is 12.1. The minimum Gasteiger partial charge on any atom is -0.198 e. The van der Waals surface area contributed by atoms with Gasteiger partial charge in [-0.05, 0) is 29.5 Å². The van der Waals surface area contributed by atoms with Crippen LogP contribution in [0.4, 0.5) is 0 Å². The molecule has 0 aliphatic carbocycles. The third-order valence-electron chi connectivity index (χ3n) is 2.92. The van der Waals surface area contributed by atoms with E-state index < -0.39 is 0 Å². The normalized spacial score (nSPS) is 14.3. The molecule has 1 aromatic carbocycles. The Labute approximate surface area is 96.7 Å². The molecule has 0 spiro atoms. The zero-order chi connectivity index (χ0) is 11.3. The zero-order valence-electron chi connectivity index (χ0n) is 9.20. The molecule has 0 radical (unpaired) electrons. The second kappa shape index (κ2) is 5.78. The number of benzene rings is 1. The van der Waals surface area contributed by atoms with Gasteiger partial charge in [-0.3, -0.25) is 0 Å². The summed E-state index contributed by atoms with van der Waals surface area (Å²) in [7, 11) is 0. The van der Waals surface area contributed by atoms with Gasteiger partial charge in [-0.15, -0.1) is 0 Å². The summed E-state index contributed by atoms with van der Waals surface area (Å²) in [4.78, 5) is 0. The van der Waals surface area contributed by atoms with Gasteiger partial charge in [-0.25, -0.2) is 0 Å². The Morgan fingerprint density at radius 1 is 1.47 bits per heavy atom. The highest BCUT2D eigenvalue weighted by molar-refractivity contribution is 6.30. The second-order valence-electron chi connectivity index (χ2n) is 3.91. The van der Waals surface area contributed by atoms with E-state index in [1.165, 1.54) is 5.56 Å². The molecule has 0 N–H and O–H groups in total. The molecule has 0 aliphatic heterocycles. The maximum atomic E-state index is 8.83. The first-order valence-electron chi connectivity index (χ1n) is 5.31. The van der Waals surface area contributed by atoms with Gasteiger partial charge in [0, 0.05) is 11.4 Å². The number of hydrogen-bond donors (Lipinski definition) is 0. The van der Waals surface area contributed by atoms with E-state index in [1.54, 1.807) is 0 Å². The van der Waals surface area contributed by atoms with Crippen LogP contribution in [0.25, 0.3) is 0 Å². The van der Waals surface area contributed by atoms with E-state index in [4.69, 9.17) is 16.9 Å². The third-order valence-corrected chi connectivity index (χ3v) is 3.15. The Hall–Kier alpha value is -1.00. The third kappa shape index (κ3) is 3.25. The maximum absolute atomic E-state index is 8.83. The molecule has 1 nitrogen and oxygen atoms in total. The SMILES string of the molecule is CCC(C)C(CC#N)c1cccc(Cl)c1. The number of rotatable bonds is 4. The summed E-state index contributed by atoms with van der Waals surface area (Å²) in [5.41, 5.74) is 1.18. The monoisotopic (exact) mass is 221 g/mol. The summed E-state index contributed by atoms with van der Waals surface area (Å²) in [5, 5.41) is 9.58. The molecule has 0 saturated carbocycles. The van der Waals surface area contributed by atoms with Crippen LogP contribution in [-0.4, -0.2) is 0 Å². The van der Waals surface area contributed by atoms with Gasteiger partial charge in [0.25, 0.3) is 0 Å². The van der Waals surface area contributed by atoms with Crippen molar-refractivity contribution in [3.63, 3.8) is 0 Å². The number of nitriles is 1. The lowest BCUT2D eigenvalue weighted by Crippen LogP contribution is -2.08. The Morgan fingerprint density at radius 3 is 2.73 bits per heavy atom. The number of nitrogens with zero attached hydrogens (tertiary/aromatic N) is 1. The van der Waals surface area contributed by atoms with Crippen molar-refractivity contribution in [1.29, 1.82) is 5.26 Å². The van der Waals surface area contributed by atoms with Crippen molar-refractivity contribution in [2.45, 2.75) is 32.6 Å². The highest BCUT2D eigenvalue weighted by Crippen LogP contribution is 2.31. The van der Waals surface area contributed by atoms with Crippen LogP contribution in [0.3, 0.4) is 0 Å². The zero-order valence-corrected chi connectivity index (χ0v) is 9.96. The van der Waals surface area contributed by atoms with Gasteiger partial charge in [0.15, 0.2) is 0 Å². The van der Waals surface area contributed by atoms with Crippen molar-refractivity contribution in [2.24, 2.45) is 5.92 Å². The molecular weight excluding hydrogens is 206 g/mol. The molecule has 80 valence electrons. The van der Waals surface area contributed by atoms with Crippen molar-refractivity contribution >= 4 is 11.6 Å². The molecule has 2 heteroatoms. The summed E-state index contributed by atoms with van der Waals surface area (Å²) < 4.78 is 0. The van der Waals surface area contributed by atoms with Crippen molar-refractivity contribution < 1.29 is 0 Å². The fourth-order valence-electron chi connectivity index (χ4n) is 1.77. The molecule has 0 saturated heterocycles. The van der Waals surface area contributed by atoms with Gasteiger partial charge in [0.1, 0.15) is 0 Å². The predicted molar refractivity (Wildman–Crippen MR) is 63.9 cm³/mol. The summed E-state index contributed by atoms with van der Waals surface area (Å²) in [6, 6.07) is 10.1. The van der Waals surface area contributed by atoms with E-state index in [9.17, 15) is 0 Å². The van der Waals surface area contributed by atoms with Crippen LogP contribution in [0.5, 0.6) is 0 Å². The molecule has 0 amide bonds. The molecule has 0 fully saturated rings. The molecule has 1 rings (SSSR count). The van der Waals surface area contributed by atoms with Gasteiger partial charge < -0.3 is 0 Å². The van der Waals surface area contributed by atoms with Crippen LogP contribution >= 0.6 is 11.6 Å². The highest BCUT2D eigenvalue weighted by Gasteiger charge is 2.17. The Balaban J connectivity index is 2.94. The fraction of sp³-hybridized carbons (Fsp3) is 0.462. The summed E-state index contributed by atoms with van der Waals surface area (Å²) in [6.45, 7) is 4.34. The molecule has 1 aromatic rings. The molecule has 0 aliphatic rings. The molecule has 15 heavy (non-hydrogen) atoms. The van der Waals surface area contributed by atoms with Gasteiger partial charge >= 0.3 is 0 Å². The van der Waals surface area contributed by atoms with Gasteiger partial charge in [0.2, 0.25) is 0 Å². The van der Waals surface area contributed by atoms with Crippen molar-refractivity contribution in [3.8, 4) is 6.07 Å². The average Bonchev–Trinajstić information content (AvgIpc) is 2.25. The summed E-state index contributed by atoms with van der Waals surface area (Å²) in [5.74, 6) is 0.821. The van der Waals surface area contributed by atoms with E-state index in [1.807, 2.05) is 18.2 Å². The number of hydrogen-bond acceptors (Lipinski definition) is 1. The quantitative estimate of drug-likeness (QED) is 0.740. The topological polar surface area (TPSA) is 23.8 Å². The van der Waals surface area contributed by atoms with Crippen LogP contribution < -0.4 is 0 Å². The van der Waals surface area contributed by atoms with E-state index in [2.05, 4.69) is 26.0 Å². The number of halogens is 1. The van der Waals surface area contributed by atoms with E-state index in [-0.39, 0.29) is 0 Å².